The zero-order chi connectivity index (χ0) is 17.2. The SMILES string of the molecule is COc1ccc(C2CN=C(C(C)(C)C)OC2c2ccccc2)cc1. The van der Waals surface area contributed by atoms with Gasteiger partial charge >= 0.3 is 0 Å². The molecule has 3 heteroatoms. The molecule has 0 radical (unpaired) electrons. The first-order valence-electron chi connectivity index (χ1n) is 8.39. The molecule has 0 aliphatic carbocycles. The first-order chi connectivity index (χ1) is 11.5. The van der Waals surface area contributed by atoms with Crippen molar-refractivity contribution in [2.75, 3.05) is 13.7 Å². The average molecular weight is 323 g/mol. The van der Waals surface area contributed by atoms with Gasteiger partial charge in [-0.05, 0) is 23.3 Å². The van der Waals surface area contributed by atoms with Crippen LogP contribution in [-0.2, 0) is 4.74 Å². The zero-order valence-electron chi connectivity index (χ0n) is 14.8. The first kappa shape index (κ1) is 16.6. The maximum absolute atomic E-state index is 6.38. The molecule has 2 atom stereocenters. The Bertz CT molecular complexity index is 699. The molecule has 1 heterocycles. The van der Waals surface area contributed by atoms with E-state index in [2.05, 4.69) is 57.2 Å². The molecule has 2 unspecified atom stereocenters. The topological polar surface area (TPSA) is 30.8 Å². The van der Waals surface area contributed by atoms with Crippen molar-refractivity contribution < 1.29 is 9.47 Å². The molecule has 0 amide bonds. The summed E-state index contributed by atoms with van der Waals surface area (Å²) in [5.74, 6) is 1.90. The third-order valence-electron chi connectivity index (χ3n) is 4.35. The van der Waals surface area contributed by atoms with Gasteiger partial charge in [0.2, 0.25) is 0 Å². The minimum atomic E-state index is -0.0854. The van der Waals surface area contributed by atoms with E-state index in [0.717, 1.165) is 18.2 Å². The second-order valence-electron chi connectivity index (χ2n) is 7.22. The molecule has 24 heavy (non-hydrogen) atoms. The van der Waals surface area contributed by atoms with E-state index in [1.165, 1.54) is 11.1 Å². The number of methoxy groups -OCH3 is 1. The van der Waals surface area contributed by atoms with Crippen molar-refractivity contribution in [1.82, 2.24) is 0 Å². The summed E-state index contributed by atoms with van der Waals surface area (Å²) in [6.45, 7) is 7.16. The summed E-state index contributed by atoms with van der Waals surface area (Å²) >= 11 is 0. The van der Waals surface area contributed by atoms with E-state index in [-0.39, 0.29) is 17.4 Å². The summed E-state index contributed by atoms with van der Waals surface area (Å²) in [5.41, 5.74) is 2.33. The molecule has 3 rings (SSSR count). The molecule has 0 N–H and O–H groups in total. The summed E-state index contributed by atoms with van der Waals surface area (Å²) in [7, 11) is 1.69. The molecule has 126 valence electrons. The van der Waals surface area contributed by atoms with Crippen LogP contribution in [0.1, 0.15) is 43.9 Å². The monoisotopic (exact) mass is 323 g/mol. The van der Waals surface area contributed by atoms with Gasteiger partial charge in [-0.15, -0.1) is 0 Å². The first-order valence-corrected chi connectivity index (χ1v) is 8.39. The van der Waals surface area contributed by atoms with Crippen molar-refractivity contribution in [2.45, 2.75) is 32.8 Å². The predicted molar refractivity (Wildman–Crippen MR) is 97.8 cm³/mol. The molecule has 0 saturated heterocycles. The molecule has 2 aromatic carbocycles. The van der Waals surface area contributed by atoms with E-state index in [9.17, 15) is 0 Å². The molecule has 0 bridgehead atoms. The van der Waals surface area contributed by atoms with Gasteiger partial charge in [-0.3, -0.25) is 4.99 Å². The van der Waals surface area contributed by atoms with Crippen LogP contribution in [0.25, 0.3) is 0 Å². The Kier molecular flexibility index (Phi) is 4.61. The normalized spacial score (nSPS) is 20.9. The Labute approximate surface area is 144 Å². The summed E-state index contributed by atoms with van der Waals surface area (Å²) in [5, 5.41) is 0. The van der Waals surface area contributed by atoms with E-state index in [1.807, 2.05) is 18.2 Å². The molecule has 1 aliphatic heterocycles. The van der Waals surface area contributed by atoms with Crippen molar-refractivity contribution in [1.29, 1.82) is 0 Å². The second-order valence-corrected chi connectivity index (χ2v) is 7.22. The summed E-state index contributed by atoms with van der Waals surface area (Å²) in [4.78, 5) is 4.74. The molecule has 2 aromatic rings. The fourth-order valence-corrected chi connectivity index (χ4v) is 3.00. The van der Waals surface area contributed by atoms with E-state index in [1.54, 1.807) is 7.11 Å². The molecule has 1 aliphatic rings. The molecule has 3 nitrogen and oxygen atoms in total. The van der Waals surface area contributed by atoms with Crippen molar-refractivity contribution in [2.24, 2.45) is 10.4 Å². The minimum absolute atomic E-state index is 0.0219. The zero-order valence-corrected chi connectivity index (χ0v) is 14.8. The van der Waals surface area contributed by atoms with Gasteiger partial charge in [0.25, 0.3) is 0 Å². The summed E-state index contributed by atoms with van der Waals surface area (Å²) in [6.07, 6.45) is -0.0219. The van der Waals surface area contributed by atoms with Crippen LogP contribution in [0.4, 0.5) is 0 Å². The largest absolute Gasteiger partial charge is 0.497 e. The lowest BCUT2D eigenvalue weighted by Gasteiger charge is -2.36. The van der Waals surface area contributed by atoms with Crippen LogP contribution >= 0.6 is 0 Å². The highest BCUT2D eigenvalue weighted by molar-refractivity contribution is 5.82. The van der Waals surface area contributed by atoms with Gasteiger partial charge in [0.1, 0.15) is 11.9 Å². The van der Waals surface area contributed by atoms with Crippen molar-refractivity contribution in [3.8, 4) is 5.75 Å². The fraction of sp³-hybridized carbons (Fsp3) is 0.381. The second kappa shape index (κ2) is 6.68. The van der Waals surface area contributed by atoms with E-state index < -0.39 is 0 Å². The number of aliphatic imine (C=N–C) groups is 1. The Morgan fingerprint density at radius 3 is 2.21 bits per heavy atom. The highest BCUT2D eigenvalue weighted by atomic mass is 16.5. The van der Waals surface area contributed by atoms with E-state index >= 15 is 0 Å². The third kappa shape index (κ3) is 3.45. The van der Waals surface area contributed by atoms with Crippen LogP contribution in [0, 0.1) is 5.41 Å². The fourth-order valence-electron chi connectivity index (χ4n) is 3.00. The van der Waals surface area contributed by atoms with Gasteiger partial charge in [-0.1, -0.05) is 63.2 Å². The molecular weight excluding hydrogens is 298 g/mol. The Hall–Kier alpha value is -2.29. The molecule has 0 spiro atoms. The molecule has 0 fully saturated rings. The van der Waals surface area contributed by atoms with Crippen molar-refractivity contribution in [3.63, 3.8) is 0 Å². The van der Waals surface area contributed by atoms with Crippen LogP contribution in [0.3, 0.4) is 0 Å². The smallest absolute Gasteiger partial charge is 0.189 e. The van der Waals surface area contributed by atoms with Crippen molar-refractivity contribution in [3.05, 3.63) is 65.7 Å². The Morgan fingerprint density at radius 2 is 1.62 bits per heavy atom. The average Bonchev–Trinajstić information content (AvgIpc) is 2.61. The number of benzene rings is 2. The van der Waals surface area contributed by atoms with Gasteiger partial charge in [-0.25, -0.2) is 0 Å². The van der Waals surface area contributed by atoms with Gasteiger partial charge in [0, 0.05) is 11.3 Å². The minimum Gasteiger partial charge on any atom is -0.497 e. The van der Waals surface area contributed by atoms with Crippen LogP contribution in [0.15, 0.2) is 59.6 Å². The van der Waals surface area contributed by atoms with Crippen molar-refractivity contribution >= 4 is 5.90 Å². The standard InChI is InChI=1S/C21H25NO2/c1-21(2,3)20-22-14-18(15-10-12-17(23-4)13-11-15)19(24-20)16-8-6-5-7-9-16/h5-13,18-19H,14H2,1-4H3. The van der Waals surface area contributed by atoms with Gasteiger partial charge in [0.15, 0.2) is 5.90 Å². The summed E-state index contributed by atoms with van der Waals surface area (Å²) in [6, 6.07) is 18.6. The van der Waals surface area contributed by atoms with Gasteiger partial charge in [-0.2, -0.15) is 0 Å². The Balaban J connectivity index is 1.97. The Morgan fingerprint density at radius 1 is 0.958 bits per heavy atom. The summed E-state index contributed by atoms with van der Waals surface area (Å²) < 4.78 is 11.7. The predicted octanol–water partition coefficient (Wildman–Crippen LogP) is 4.99. The van der Waals surface area contributed by atoms with Gasteiger partial charge in [0.05, 0.1) is 13.7 Å². The number of hydrogen-bond donors (Lipinski definition) is 0. The number of ether oxygens (including phenoxy) is 2. The molecular formula is C21H25NO2. The molecule has 0 aromatic heterocycles. The maximum atomic E-state index is 6.38. The van der Waals surface area contributed by atoms with Crippen LogP contribution in [-0.4, -0.2) is 19.6 Å². The highest BCUT2D eigenvalue weighted by Crippen LogP contribution is 2.40. The van der Waals surface area contributed by atoms with E-state index in [0.29, 0.717) is 0 Å². The van der Waals surface area contributed by atoms with Crippen LogP contribution < -0.4 is 4.74 Å². The lowest BCUT2D eigenvalue weighted by Crippen LogP contribution is -2.33. The quantitative estimate of drug-likeness (QED) is 0.796. The highest BCUT2D eigenvalue weighted by Gasteiger charge is 2.35. The van der Waals surface area contributed by atoms with Gasteiger partial charge < -0.3 is 9.47 Å². The van der Waals surface area contributed by atoms with Crippen LogP contribution in [0.5, 0.6) is 5.75 Å². The maximum Gasteiger partial charge on any atom is 0.189 e. The lowest BCUT2D eigenvalue weighted by atomic mass is 9.86. The third-order valence-corrected chi connectivity index (χ3v) is 4.35. The molecule has 0 saturated carbocycles. The number of hydrogen-bond acceptors (Lipinski definition) is 3. The van der Waals surface area contributed by atoms with Crippen LogP contribution in [0.2, 0.25) is 0 Å². The lowest BCUT2D eigenvalue weighted by molar-refractivity contribution is 0.123. The van der Waals surface area contributed by atoms with E-state index in [4.69, 9.17) is 14.5 Å². The number of rotatable bonds is 3. The number of nitrogens with zero attached hydrogens (tertiary/aromatic N) is 1.